The van der Waals surface area contributed by atoms with Gasteiger partial charge in [0.05, 0.1) is 11.1 Å². The fourth-order valence-corrected chi connectivity index (χ4v) is 2.15. The number of ketones is 1. The lowest BCUT2D eigenvalue weighted by molar-refractivity contribution is -0.150. The molecule has 0 radical (unpaired) electrons. The van der Waals surface area contributed by atoms with E-state index in [9.17, 15) is 9.59 Å². The topological polar surface area (TPSA) is 59.5 Å². The van der Waals surface area contributed by atoms with Crippen molar-refractivity contribution in [2.75, 3.05) is 6.73 Å². The number of pyridine rings is 1. The molecule has 0 bridgehead atoms. The number of Topliss-reactive ketones (excluding diaryl/α,β-unsaturated/α-hetero) is 1. The highest BCUT2D eigenvalue weighted by Gasteiger charge is 2.40. The summed E-state index contributed by atoms with van der Waals surface area (Å²) in [5, 5.41) is 0. The van der Waals surface area contributed by atoms with Crippen molar-refractivity contribution in [3.05, 3.63) is 41.4 Å². The molecule has 5 heteroatoms. The zero-order chi connectivity index (χ0) is 17.6. The van der Waals surface area contributed by atoms with Gasteiger partial charge in [-0.3, -0.25) is 19.5 Å². The molecule has 0 N–H and O–H groups in total. The molecule has 0 spiro atoms. The molecular weight excluding hydrogens is 292 g/mol. The standard InChI is InChI=1S/C16H20N2O3.C2H6/c1-11-12(2)21-10-18(15(11)20)16(3,4)14(19)9-13-5-7-17-8-6-13;1-2/h5-8H,9-10H2,1-4H3;1-2H3. The molecular formula is C18H26N2O3. The van der Waals surface area contributed by atoms with Crippen LogP contribution < -0.4 is 0 Å². The summed E-state index contributed by atoms with van der Waals surface area (Å²) in [6, 6.07) is 3.61. The number of aromatic nitrogens is 1. The molecule has 126 valence electrons. The third-order valence-corrected chi connectivity index (χ3v) is 3.98. The first-order chi connectivity index (χ1) is 10.8. The number of ether oxygens (including phenoxy) is 1. The fourth-order valence-electron chi connectivity index (χ4n) is 2.15. The number of amides is 1. The van der Waals surface area contributed by atoms with Crippen molar-refractivity contribution in [1.29, 1.82) is 0 Å². The monoisotopic (exact) mass is 318 g/mol. The molecule has 0 atom stereocenters. The van der Waals surface area contributed by atoms with Crippen LogP contribution in [-0.4, -0.2) is 33.8 Å². The Morgan fingerprint density at radius 1 is 1.26 bits per heavy atom. The predicted octanol–water partition coefficient (Wildman–Crippen LogP) is 3.11. The molecule has 0 aliphatic carbocycles. The SMILES string of the molecule is CC.CC1=C(C)C(=O)N(C(C)(C)C(=O)Cc2ccncc2)CO1. The Balaban J connectivity index is 0.00000127. The quantitative estimate of drug-likeness (QED) is 0.856. The molecule has 0 fully saturated rings. The largest absolute Gasteiger partial charge is 0.477 e. The number of nitrogens with zero attached hydrogens (tertiary/aromatic N) is 2. The van der Waals surface area contributed by atoms with Crippen molar-refractivity contribution in [1.82, 2.24) is 9.88 Å². The minimum Gasteiger partial charge on any atom is -0.477 e. The first kappa shape index (κ1) is 18.9. The van der Waals surface area contributed by atoms with Crippen LogP contribution in [0.2, 0.25) is 0 Å². The number of allylic oxidation sites excluding steroid dienone is 1. The van der Waals surface area contributed by atoms with Gasteiger partial charge < -0.3 is 4.74 Å². The molecule has 1 aromatic rings. The van der Waals surface area contributed by atoms with Gasteiger partial charge in [-0.1, -0.05) is 13.8 Å². The summed E-state index contributed by atoms with van der Waals surface area (Å²) in [5.41, 5.74) is 0.519. The Hall–Kier alpha value is -2.17. The smallest absolute Gasteiger partial charge is 0.256 e. The molecule has 1 aromatic heterocycles. The van der Waals surface area contributed by atoms with Crippen molar-refractivity contribution in [2.24, 2.45) is 0 Å². The van der Waals surface area contributed by atoms with E-state index in [4.69, 9.17) is 4.74 Å². The van der Waals surface area contributed by atoms with Gasteiger partial charge in [0.15, 0.2) is 12.5 Å². The summed E-state index contributed by atoms with van der Waals surface area (Å²) < 4.78 is 5.48. The number of hydrogen-bond donors (Lipinski definition) is 0. The summed E-state index contributed by atoms with van der Waals surface area (Å²) >= 11 is 0. The Labute approximate surface area is 138 Å². The highest BCUT2D eigenvalue weighted by atomic mass is 16.5. The van der Waals surface area contributed by atoms with Gasteiger partial charge in [-0.15, -0.1) is 0 Å². The number of carbonyl (C=O) groups is 2. The van der Waals surface area contributed by atoms with Gasteiger partial charge >= 0.3 is 0 Å². The fraction of sp³-hybridized carbons (Fsp3) is 0.500. The molecule has 2 rings (SSSR count). The van der Waals surface area contributed by atoms with E-state index in [1.54, 1.807) is 52.2 Å². The Bertz CT molecular complexity index is 592. The van der Waals surface area contributed by atoms with E-state index in [-0.39, 0.29) is 24.8 Å². The van der Waals surface area contributed by atoms with Crippen LogP contribution in [0.5, 0.6) is 0 Å². The van der Waals surface area contributed by atoms with Crippen LogP contribution in [-0.2, 0) is 20.7 Å². The van der Waals surface area contributed by atoms with Crippen LogP contribution in [0.1, 0.15) is 47.1 Å². The van der Waals surface area contributed by atoms with E-state index in [1.807, 2.05) is 13.8 Å². The third kappa shape index (κ3) is 4.18. The molecule has 0 unspecified atom stereocenters. The van der Waals surface area contributed by atoms with Gasteiger partial charge in [-0.25, -0.2) is 0 Å². The summed E-state index contributed by atoms with van der Waals surface area (Å²) in [6.45, 7) is 11.1. The van der Waals surface area contributed by atoms with Crippen LogP contribution in [0.3, 0.4) is 0 Å². The average molecular weight is 318 g/mol. The maximum atomic E-state index is 12.6. The van der Waals surface area contributed by atoms with Gasteiger partial charge in [0.2, 0.25) is 0 Å². The minimum absolute atomic E-state index is 0.0296. The molecule has 0 saturated heterocycles. The van der Waals surface area contributed by atoms with E-state index < -0.39 is 5.54 Å². The third-order valence-electron chi connectivity index (χ3n) is 3.98. The number of carbonyl (C=O) groups excluding carboxylic acids is 2. The molecule has 23 heavy (non-hydrogen) atoms. The number of rotatable bonds is 4. The zero-order valence-corrected chi connectivity index (χ0v) is 14.8. The first-order valence-electron chi connectivity index (χ1n) is 7.88. The van der Waals surface area contributed by atoms with E-state index in [1.165, 1.54) is 4.90 Å². The van der Waals surface area contributed by atoms with Crippen molar-refractivity contribution in [3.8, 4) is 0 Å². The highest BCUT2D eigenvalue weighted by molar-refractivity contribution is 5.99. The maximum absolute atomic E-state index is 12.6. The summed E-state index contributed by atoms with van der Waals surface area (Å²) in [7, 11) is 0. The van der Waals surface area contributed by atoms with Gasteiger partial charge in [-0.05, 0) is 45.4 Å². The van der Waals surface area contributed by atoms with Crippen LogP contribution in [0.25, 0.3) is 0 Å². The second-order valence-corrected chi connectivity index (χ2v) is 5.70. The van der Waals surface area contributed by atoms with Crippen LogP contribution in [0.4, 0.5) is 0 Å². The van der Waals surface area contributed by atoms with Crippen LogP contribution in [0, 0.1) is 0 Å². The summed E-state index contributed by atoms with van der Waals surface area (Å²) in [4.78, 5) is 30.4. The molecule has 0 aromatic carbocycles. The van der Waals surface area contributed by atoms with E-state index in [0.29, 0.717) is 11.3 Å². The van der Waals surface area contributed by atoms with E-state index >= 15 is 0 Å². The van der Waals surface area contributed by atoms with Crippen molar-refractivity contribution < 1.29 is 14.3 Å². The summed E-state index contributed by atoms with van der Waals surface area (Å²) in [5.74, 6) is 0.443. The van der Waals surface area contributed by atoms with Crippen molar-refractivity contribution in [2.45, 2.75) is 53.5 Å². The molecule has 2 heterocycles. The normalized spacial score (nSPS) is 14.9. The van der Waals surface area contributed by atoms with E-state index in [0.717, 1.165) is 5.56 Å². The molecule has 1 aliphatic rings. The molecule has 5 nitrogen and oxygen atoms in total. The molecule has 1 amide bonds. The Morgan fingerprint density at radius 2 is 1.83 bits per heavy atom. The Kier molecular flexibility index (Phi) is 6.49. The molecule has 1 aliphatic heterocycles. The number of hydrogen-bond acceptors (Lipinski definition) is 4. The van der Waals surface area contributed by atoms with Crippen LogP contribution >= 0.6 is 0 Å². The van der Waals surface area contributed by atoms with Crippen molar-refractivity contribution in [3.63, 3.8) is 0 Å². The van der Waals surface area contributed by atoms with Gasteiger partial charge in [-0.2, -0.15) is 0 Å². The lowest BCUT2D eigenvalue weighted by Gasteiger charge is -2.39. The lowest BCUT2D eigenvalue weighted by Crippen LogP contribution is -2.56. The Morgan fingerprint density at radius 3 is 2.39 bits per heavy atom. The maximum Gasteiger partial charge on any atom is 0.256 e. The summed E-state index contributed by atoms with van der Waals surface area (Å²) in [6.07, 6.45) is 3.57. The van der Waals surface area contributed by atoms with Gasteiger partial charge in [0.1, 0.15) is 5.76 Å². The molecule has 0 saturated carbocycles. The van der Waals surface area contributed by atoms with Crippen molar-refractivity contribution >= 4 is 11.7 Å². The predicted molar refractivity (Wildman–Crippen MR) is 89.5 cm³/mol. The minimum atomic E-state index is -0.914. The zero-order valence-electron chi connectivity index (χ0n) is 14.8. The van der Waals surface area contributed by atoms with Gasteiger partial charge in [0.25, 0.3) is 5.91 Å². The van der Waals surface area contributed by atoms with Crippen LogP contribution in [0.15, 0.2) is 35.9 Å². The first-order valence-corrected chi connectivity index (χ1v) is 7.88. The highest BCUT2D eigenvalue weighted by Crippen LogP contribution is 2.25. The lowest BCUT2D eigenvalue weighted by atomic mass is 9.91. The van der Waals surface area contributed by atoms with Gasteiger partial charge in [0, 0.05) is 18.8 Å². The van der Waals surface area contributed by atoms with E-state index in [2.05, 4.69) is 4.98 Å². The second-order valence-electron chi connectivity index (χ2n) is 5.70. The second kappa shape index (κ2) is 7.90. The average Bonchev–Trinajstić information content (AvgIpc) is 2.55.